The van der Waals surface area contributed by atoms with Gasteiger partial charge in [-0.05, 0) is 48.5 Å². The molecule has 2 aromatic heterocycles. The number of esters is 1. The molecule has 0 amide bonds. The Hall–Kier alpha value is -3.01. The fourth-order valence-corrected chi connectivity index (χ4v) is 4.72. The first-order valence-electron chi connectivity index (χ1n) is 10.2. The summed E-state index contributed by atoms with van der Waals surface area (Å²) in [6, 6.07) is 21.7. The zero-order valence-electron chi connectivity index (χ0n) is 17.7. The normalized spacial score (nSPS) is 10.6. The Bertz CT molecular complexity index is 1250. The first-order chi connectivity index (χ1) is 16.0. The number of hydrogen-bond acceptors (Lipinski definition) is 5. The molecule has 168 valence electrons. The number of carbonyl (C=O) groups is 1. The first-order valence-corrected chi connectivity index (χ1v) is 12.3. The number of benzene rings is 2. The molecule has 4 aromatic rings. The lowest BCUT2D eigenvalue weighted by molar-refractivity contribution is 0.0528. The van der Waals surface area contributed by atoms with E-state index in [4.69, 9.17) is 17.0 Å². The van der Waals surface area contributed by atoms with E-state index >= 15 is 0 Å². The molecule has 0 spiro atoms. The van der Waals surface area contributed by atoms with Crippen LogP contribution in [-0.4, -0.2) is 27.5 Å². The summed E-state index contributed by atoms with van der Waals surface area (Å²) in [6.45, 7) is 2.73. The van der Waals surface area contributed by atoms with Crippen molar-refractivity contribution in [2.75, 3.05) is 17.2 Å². The fraction of sp³-hybridized carbons (Fsp3) is 0.125. The Morgan fingerprint density at radius 1 is 1.12 bits per heavy atom. The Morgan fingerprint density at radius 2 is 1.88 bits per heavy atom. The highest BCUT2D eigenvalue weighted by Gasteiger charge is 2.19. The zero-order valence-corrected chi connectivity index (χ0v) is 21.0. The zero-order chi connectivity index (χ0) is 23.2. The molecular formula is C24H21BrN4O2S2. The van der Waals surface area contributed by atoms with Gasteiger partial charge in [0.2, 0.25) is 0 Å². The number of nitrogens with zero attached hydrogens (tertiary/aromatic N) is 2. The number of aromatic nitrogens is 2. The second kappa shape index (κ2) is 10.7. The van der Waals surface area contributed by atoms with Gasteiger partial charge in [-0.25, -0.2) is 4.79 Å². The summed E-state index contributed by atoms with van der Waals surface area (Å²) in [6.07, 6.45) is 1.88. The lowest BCUT2D eigenvalue weighted by Gasteiger charge is -2.09. The molecule has 0 atom stereocenters. The van der Waals surface area contributed by atoms with E-state index in [0.29, 0.717) is 34.6 Å². The summed E-state index contributed by atoms with van der Waals surface area (Å²) in [4.78, 5) is 13.5. The van der Waals surface area contributed by atoms with E-state index < -0.39 is 0 Å². The summed E-state index contributed by atoms with van der Waals surface area (Å²) >= 11 is 10.4. The smallest absolute Gasteiger partial charge is 0.341 e. The van der Waals surface area contributed by atoms with Gasteiger partial charge in [-0.3, -0.25) is 4.68 Å². The van der Waals surface area contributed by atoms with Gasteiger partial charge in [0.15, 0.2) is 10.9 Å². The number of nitrogens with one attached hydrogen (secondary N) is 2. The molecule has 0 aliphatic rings. The Labute approximate surface area is 209 Å². The molecule has 0 bridgehead atoms. The molecule has 0 aliphatic carbocycles. The standard InChI is InChI=1S/C24H21BrN4O2S2/c1-2-31-23(30)19-14-20(17-6-4-3-5-7-17)33-22(19)27-24(32)26-21-12-13-29(28-21)15-16-8-10-18(25)11-9-16/h3-14H,2,15H2,1H3,(H2,26,27,28,32). The number of carbonyl (C=O) groups excluding carboxylic acids is 1. The third kappa shape index (κ3) is 6.07. The van der Waals surface area contributed by atoms with Crippen molar-refractivity contribution in [3.8, 4) is 10.4 Å². The molecule has 0 unspecified atom stereocenters. The van der Waals surface area contributed by atoms with Crippen molar-refractivity contribution in [3.63, 3.8) is 0 Å². The summed E-state index contributed by atoms with van der Waals surface area (Å²) in [5, 5.41) is 11.7. The van der Waals surface area contributed by atoms with Crippen molar-refractivity contribution in [2.24, 2.45) is 0 Å². The van der Waals surface area contributed by atoms with E-state index in [2.05, 4.69) is 31.7 Å². The third-order valence-corrected chi connectivity index (χ3v) is 6.49. The average molecular weight is 541 g/mol. The van der Waals surface area contributed by atoms with Gasteiger partial charge in [0.1, 0.15) is 5.00 Å². The highest BCUT2D eigenvalue weighted by molar-refractivity contribution is 9.10. The molecule has 6 nitrogen and oxygen atoms in total. The number of rotatable bonds is 7. The van der Waals surface area contributed by atoms with Crippen LogP contribution in [0.1, 0.15) is 22.8 Å². The molecule has 2 aromatic carbocycles. The highest BCUT2D eigenvalue weighted by Crippen LogP contribution is 2.36. The van der Waals surface area contributed by atoms with E-state index in [0.717, 1.165) is 20.5 Å². The number of anilines is 2. The number of hydrogen-bond donors (Lipinski definition) is 2. The van der Waals surface area contributed by atoms with Gasteiger partial charge in [0.25, 0.3) is 0 Å². The summed E-state index contributed by atoms with van der Waals surface area (Å²) in [7, 11) is 0. The van der Waals surface area contributed by atoms with Crippen LogP contribution in [0, 0.1) is 0 Å². The lowest BCUT2D eigenvalue weighted by Crippen LogP contribution is -2.20. The van der Waals surface area contributed by atoms with Crippen LogP contribution < -0.4 is 10.6 Å². The maximum Gasteiger partial charge on any atom is 0.341 e. The molecule has 9 heteroatoms. The van der Waals surface area contributed by atoms with Crippen molar-refractivity contribution >= 4 is 61.4 Å². The van der Waals surface area contributed by atoms with Crippen molar-refractivity contribution in [3.05, 3.63) is 88.5 Å². The minimum atomic E-state index is -0.389. The molecule has 2 N–H and O–H groups in total. The van der Waals surface area contributed by atoms with Crippen molar-refractivity contribution < 1.29 is 9.53 Å². The fourth-order valence-electron chi connectivity index (χ4n) is 3.13. The number of ether oxygens (including phenoxy) is 1. The maximum absolute atomic E-state index is 12.5. The maximum atomic E-state index is 12.5. The van der Waals surface area contributed by atoms with Gasteiger partial charge in [0.05, 0.1) is 18.7 Å². The summed E-state index contributed by atoms with van der Waals surface area (Å²) in [5.41, 5.74) is 2.61. The average Bonchev–Trinajstić information content (AvgIpc) is 3.43. The highest BCUT2D eigenvalue weighted by atomic mass is 79.9. The molecule has 4 rings (SSSR count). The molecule has 0 saturated heterocycles. The lowest BCUT2D eigenvalue weighted by atomic mass is 10.1. The van der Waals surface area contributed by atoms with Crippen LogP contribution in [-0.2, 0) is 11.3 Å². The van der Waals surface area contributed by atoms with E-state index in [1.807, 2.05) is 77.6 Å². The molecule has 0 fully saturated rings. The molecule has 0 saturated carbocycles. The van der Waals surface area contributed by atoms with Gasteiger partial charge < -0.3 is 15.4 Å². The van der Waals surface area contributed by atoms with Crippen molar-refractivity contribution in [2.45, 2.75) is 13.5 Å². The summed E-state index contributed by atoms with van der Waals surface area (Å²) < 4.78 is 8.10. The van der Waals surface area contributed by atoms with Crippen LogP contribution in [0.4, 0.5) is 10.8 Å². The predicted molar refractivity (Wildman–Crippen MR) is 141 cm³/mol. The Morgan fingerprint density at radius 3 is 2.61 bits per heavy atom. The minimum Gasteiger partial charge on any atom is -0.462 e. The first kappa shape index (κ1) is 23.2. The number of thiocarbonyl (C=S) groups is 1. The van der Waals surface area contributed by atoms with E-state index in [1.165, 1.54) is 11.3 Å². The van der Waals surface area contributed by atoms with Crippen molar-refractivity contribution in [1.82, 2.24) is 9.78 Å². The van der Waals surface area contributed by atoms with Crippen LogP contribution in [0.2, 0.25) is 0 Å². The monoisotopic (exact) mass is 540 g/mol. The van der Waals surface area contributed by atoms with Crippen molar-refractivity contribution in [1.29, 1.82) is 0 Å². The quantitative estimate of drug-likeness (QED) is 0.208. The van der Waals surface area contributed by atoms with Crippen LogP contribution in [0.15, 0.2) is 77.4 Å². The Kier molecular flexibility index (Phi) is 7.54. The van der Waals surface area contributed by atoms with Gasteiger partial charge in [-0.1, -0.05) is 58.4 Å². The second-order valence-electron chi connectivity index (χ2n) is 7.04. The summed E-state index contributed by atoms with van der Waals surface area (Å²) in [5.74, 6) is 0.224. The van der Waals surface area contributed by atoms with Crippen LogP contribution >= 0.6 is 39.5 Å². The van der Waals surface area contributed by atoms with E-state index in [9.17, 15) is 4.79 Å². The number of halogens is 1. The second-order valence-corrected chi connectivity index (χ2v) is 9.42. The minimum absolute atomic E-state index is 0.299. The molecular weight excluding hydrogens is 520 g/mol. The molecule has 33 heavy (non-hydrogen) atoms. The molecule has 0 aliphatic heterocycles. The van der Waals surface area contributed by atoms with Crippen LogP contribution in [0.25, 0.3) is 10.4 Å². The predicted octanol–water partition coefficient (Wildman–Crippen LogP) is 6.41. The van der Waals surface area contributed by atoms with Crippen LogP contribution in [0.3, 0.4) is 0 Å². The van der Waals surface area contributed by atoms with E-state index in [-0.39, 0.29) is 5.97 Å². The van der Waals surface area contributed by atoms with Gasteiger partial charge in [0, 0.05) is 21.6 Å². The van der Waals surface area contributed by atoms with Gasteiger partial charge in [-0.15, -0.1) is 11.3 Å². The largest absolute Gasteiger partial charge is 0.462 e. The number of thiophene rings is 1. The van der Waals surface area contributed by atoms with Gasteiger partial charge in [-0.2, -0.15) is 5.10 Å². The Balaban J connectivity index is 1.46. The topological polar surface area (TPSA) is 68.2 Å². The van der Waals surface area contributed by atoms with Gasteiger partial charge >= 0.3 is 5.97 Å². The third-order valence-electron chi connectivity index (χ3n) is 4.65. The van der Waals surface area contributed by atoms with Crippen LogP contribution in [0.5, 0.6) is 0 Å². The van der Waals surface area contributed by atoms with E-state index in [1.54, 1.807) is 6.92 Å². The molecule has 0 radical (unpaired) electrons. The SMILES string of the molecule is CCOC(=O)c1cc(-c2ccccc2)sc1NC(=S)Nc1ccn(Cc2ccc(Br)cc2)n1. The molecule has 2 heterocycles.